The van der Waals surface area contributed by atoms with Gasteiger partial charge in [-0.1, -0.05) is 12.8 Å². The van der Waals surface area contributed by atoms with Gasteiger partial charge >= 0.3 is 29.6 Å². The van der Waals surface area contributed by atoms with E-state index in [-0.39, 0.29) is 29.6 Å². The van der Waals surface area contributed by atoms with Gasteiger partial charge in [0.15, 0.2) is 0 Å². The Morgan fingerprint density at radius 2 is 2.00 bits per heavy atom. The van der Waals surface area contributed by atoms with Crippen LogP contribution in [0.1, 0.15) is 32.6 Å². The van der Waals surface area contributed by atoms with E-state index in [2.05, 4.69) is 5.32 Å². The molecule has 1 fully saturated rings. The molecule has 3 nitrogen and oxygen atoms in total. The third-order valence-corrected chi connectivity index (χ3v) is 2.19. The molecular formula is C8H14NNaO2. The zero-order valence-corrected chi connectivity index (χ0v) is 9.80. The molecule has 1 aliphatic carbocycles. The largest absolute Gasteiger partial charge is 1.00 e. The average Bonchev–Trinajstić information content (AvgIpc) is 2.39. The van der Waals surface area contributed by atoms with Crippen LogP contribution in [0.15, 0.2) is 0 Å². The van der Waals surface area contributed by atoms with E-state index >= 15 is 0 Å². The molecule has 1 rings (SSSR count). The molecule has 0 saturated heterocycles. The van der Waals surface area contributed by atoms with Crippen LogP contribution in [0, 0.1) is 0 Å². The smallest absolute Gasteiger partial charge is 0.548 e. The summed E-state index contributed by atoms with van der Waals surface area (Å²) >= 11 is 0. The van der Waals surface area contributed by atoms with Crippen LogP contribution < -0.4 is 40.0 Å². The second-order valence-electron chi connectivity index (χ2n) is 3.19. The van der Waals surface area contributed by atoms with Crippen molar-refractivity contribution in [1.29, 1.82) is 0 Å². The number of rotatable bonds is 3. The molecule has 1 atom stereocenters. The molecule has 0 aromatic carbocycles. The van der Waals surface area contributed by atoms with E-state index in [0.29, 0.717) is 6.04 Å². The van der Waals surface area contributed by atoms with Gasteiger partial charge in [-0.2, -0.15) is 0 Å². The zero-order valence-electron chi connectivity index (χ0n) is 7.80. The van der Waals surface area contributed by atoms with E-state index in [1.54, 1.807) is 6.92 Å². The van der Waals surface area contributed by atoms with Gasteiger partial charge in [0.2, 0.25) is 0 Å². The van der Waals surface area contributed by atoms with Crippen LogP contribution in [0.5, 0.6) is 0 Å². The topological polar surface area (TPSA) is 52.2 Å². The van der Waals surface area contributed by atoms with Gasteiger partial charge in [-0.25, -0.2) is 0 Å². The first-order valence-electron chi connectivity index (χ1n) is 4.17. The van der Waals surface area contributed by atoms with Gasteiger partial charge in [0.05, 0.1) is 5.97 Å². The van der Waals surface area contributed by atoms with Crippen molar-refractivity contribution in [2.24, 2.45) is 0 Å². The Labute approximate surface area is 95.2 Å². The van der Waals surface area contributed by atoms with E-state index < -0.39 is 12.0 Å². The Morgan fingerprint density at radius 3 is 2.42 bits per heavy atom. The molecule has 0 heterocycles. The third kappa shape index (κ3) is 3.90. The normalized spacial score (nSPS) is 20.1. The first kappa shape index (κ1) is 12.4. The fourth-order valence-corrected chi connectivity index (χ4v) is 1.51. The van der Waals surface area contributed by atoms with Crippen molar-refractivity contribution in [1.82, 2.24) is 5.32 Å². The quantitative estimate of drug-likeness (QED) is 0.461. The molecule has 0 radical (unpaired) electrons. The summed E-state index contributed by atoms with van der Waals surface area (Å²) in [5, 5.41) is 13.3. The summed E-state index contributed by atoms with van der Waals surface area (Å²) in [6.45, 7) is 1.63. The summed E-state index contributed by atoms with van der Waals surface area (Å²) in [6.07, 6.45) is 4.66. The average molecular weight is 179 g/mol. The number of carboxylic acid groups (broad SMARTS) is 1. The minimum absolute atomic E-state index is 0. The monoisotopic (exact) mass is 179 g/mol. The Morgan fingerprint density at radius 1 is 1.50 bits per heavy atom. The van der Waals surface area contributed by atoms with Crippen molar-refractivity contribution < 1.29 is 39.5 Å². The van der Waals surface area contributed by atoms with Crippen LogP contribution in [0.25, 0.3) is 0 Å². The molecule has 0 aromatic rings. The van der Waals surface area contributed by atoms with Crippen LogP contribution in [0.2, 0.25) is 0 Å². The molecule has 0 aliphatic heterocycles. The standard InChI is InChI=1S/C8H15NO2.Na/c1-6(8(10)11)9-7-4-2-3-5-7;/h6-7,9H,2-5H2,1H3,(H,10,11);/q;+1/p-1. The van der Waals surface area contributed by atoms with E-state index in [1.165, 1.54) is 12.8 Å². The van der Waals surface area contributed by atoms with E-state index in [1.807, 2.05) is 0 Å². The van der Waals surface area contributed by atoms with Gasteiger partial charge in [0.1, 0.15) is 0 Å². The summed E-state index contributed by atoms with van der Waals surface area (Å²) in [7, 11) is 0. The molecule has 0 aromatic heterocycles. The van der Waals surface area contributed by atoms with Crippen LogP contribution >= 0.6 is 0 Å². The van der Waals surface area contributed by atoms with Gasteiger partial charge in [-0.15, -0.1) is 0 Å². The Hall–Kier alpha value is 0.430. The van der Waals surface area contributed by atoms with Gasteiger partial charge in [0.25, 0.3) is 0 Å². The van der Waals surface area contributed by atoms with E-state index in [0.717, 1.165) is 12.8 Å². The van der Waals surface area contributed by atoms with Gasteiger partial charge in [0, 0.05) is 12.1 Å². The molecule has 1 N–H and O–H groups in total. The first-order valence-corrected chi connectivity index (χ1v) is 4.17. The molecule has 1 aliphatic rings. The zero-order chi connectivity index (χ0) is 8.27. The maximum absolute atomic E-state index is 10.3. The summed E-state index contributed by atoms with van der Waals surface area (Å²) in [5.41, 5.74) is 0. The van der Waals surface area contributed by atoms with Crippen molar-refractivity contribution in [2.45, 2.75) is 44.7 Å². The second kappa shape index (κ2) is 5.97. The van der Waals surface area contributed by atoms with E-state index in [9.17, 15) is 9.90 Å². The molecule has 12 heavy (non-hydrogen) atoms. The Balaban J connectivity index is 0.00000121. The molecule has 0 bridgehead atoms. The molecule has 0 spiro atoms. The van der Waals surface area contributed by atoms with Crippen molar-refractivity contribution in [3.8, 4) is 0 Å². The SMILES string of the molecule is CC(NC1CCCC1)C(=O)[O-].[Na+]. The van der Waals surface area contributed by atoms with Crippen molar-refractivity contribution in [3.63, 3.8) is 0 Å². The van der Waals surface area contributed by atoms with E-state index in [4.69, 9.17) is 0 Å². The number of carboxylic acids is 1. The maximum Gasteiger partial charge on any atom is 1.00 e. The predicted molar refractivity (Wildman–Crippen MR) is 39.9 cm³/mol. The Bertz CT molecular complexity index is 146. The summed E-state index contributed by atoms with van der Waals surface area (Å²) < 4.78 is 0. The fourth-order valence-electron chi connectivity index (χ4n) is 1.51. The van der Waals surface area contributed by atoms with Gasteiger partial charge in [-0.3, -0.25) is 0 Å². The van der Waals surface area contributed by atoms with Crippen molar-refractivity contribution >= 4 is 5.97 Å². The Kier molecular flexibility index (Phi) is 6.19. The maximum atomic E-state index is 10.3. The number of aliphatic carboxylic acids is 1. The molecule has 0 amide bonds. The molecule has 4 heteroatoms. The summed E-state index contributed by atoms with van der Waals surface area (Å²) in [4.78, 5) is 10.3. The number of carbonyl (C=O) groups excluding carboxylic acids is 1. The summed E-state index contributed by atoms with van der Waals surface area (Å²) in [5.74, 6) is -1.00. The third-order valence-electron chi connectivity index (χ3n) is 2.19. The van der Waals surface area contributed by atoms with Crippen LogP contribution in [0.4, 0.5) is 0 Å². The van der Waals surface area contributed by atoms with Crippen molar-refractivity contribution in [3.05, 3.63) is 0 Å². The fraction of sp³-hybridized carbons (Fsp3) is 0.875. The summed E-state index contributed by atoms with van der Waals surface area (Å²) in [6, 6.07) is -0.0963. The number of nitrogens with one attached hydrogen (secondary N) is 1. The molecule has 1 saturated carbocycles. The number of hydrogen-bond acceptors (Lipinski definition) is 3. The van der Waals surface area contributed by atoms with Gasteiger partial charge in [-0.05, 0) is 19.8 Å². The van der Waals surface area contributed by atoms with Gasteiger partial charge < -0.3 is 15.2 Å². The molecular weight excluding hydrogens is 165 g/mol. The first-order chi connectivity index (χ1) is 5.20. The van der Waals surface area contributed by atoms with Crippen molar-refractivity contribution in [2.75, 3.05) is 0 Å². The predicted octanol–water partition coefficient (Wildman–Crippen LogP) is -3.34. The number of hydrogen-bond donors (Lipinski definition) is 1. The second-order valence-corrected chi connectivity index (χ2v) is 3.19. The molecule has 64 valence electrons. The van der Waals surface area contributed by atoms with Crippen LogP contribution in [-0.4, -0.2) is 18.1 Å². The minimum atomic E-state index is -1.00. The van der Waals surface area contributed by atoms with Crippen LogP contribution in [0.3, 0.4) is 0 Å². The van der Waals surface area contributed by atoms with Crippen LogP contribution in [-0.2, 0) is 4.79 Å². The minimum Gasteiger partial charge on any atom is -0.548 e. The number of carbonyl (C=O) groups is 1. The molecule has 1 unspecified atom stereocenters.